The SMILES string of the molecule is CCCCC(CCCCCc1ccccc1)N[C@@H]1CC[C@H]2[C@H]3Cc4c(O)cc(OC(C)=O)c5c4[C@@]2(CCN3CC2CC2)[C@H]1O5. The molecule has 1 saturated heterocycles. The molecule has 44 heavy (non-hydrogen) atoms. The van der Waals surface area contributed by atoms with Gasteiger partial charge in [-0.2, -0.15) is 0 Å². The molecular formula is C38H52N2O4. The van der Waals surface area contributed by atoms with Crippen LogP contribution in [-0.2, 0) is 23.1 Å². The third kappa shape index (κ3) is 5.66. The molecule has 2 aromatic rings. The van der Waals surface area contributed by atoms with Crippen LogP contribution in [0.5, 0.6) is 17.2 Å². The zero-order valence-corrected chi connectivity index (χ0v) is 26.9. The van der Waals surface area contributed by atoms with Gasteiger partial charge in [-0.3, -0.25) is 9.69 Å². The molecule has 238 valence electrons. The van der Waals surface area contributed by atoms with Crippen molar-refractivity contribution in [1.29, 1.82) is 0 Å². The molecule has 2 saturated carbocycles. The Hall–Kier alpha value is -2.57. The summed E-state index contributed by atoms with van der Waals surface area (Å²) in [6.07, 6.45) is 16.7. The molecule has 0 amide bonds. The van der Waals surface area contributed by atoms with Crippen LogP contribution < -0.4 is 14.8 Å². The zero-order valence-electron chi connectivity index (χ0n) is 26.9. The third-order valence-corrected chi connectivity index (χ3v) is 11.7. The number of likely N-dealkylation sites (tertiary alicyclic amines) is 1. The normalized spacial score (nSPS) is 29.1. The number of phenols is 1. The monoisotopic (exact) mass is 600 g/mol. The lowest BCUT2D eigenvalue weighted by Gasteiger charge is -2.60. The maximum atomic E-state index is 12.1. The highest BCUT2D eigenvalue weighted by Gasteiger charge is 2.66. The molecular weight excluding hydrogens is 548 g/mol. The number of aryl methyl sites for hydroxylation is 1. The van der Waals surface area contributed by atoms with Crippen LogP contribution in [0.25, 0.3) is 0 Å². The van der Waals surface area contributed by atoms with Gasteiger partial charge in [0.05, 0.1) is 0 Å². The van der Waals surface area contributed by atoms with Gasteiger partial charge in [0.15, 0.2) is 11.5 Å². The molecule has 2 bridgehead atoms. The van der Waals surface area contributed by atoms with Crippen LogP contribution in [0.3, 0.4) is 0 Å². The van der Waals surface area contributed by atoms with Crippen molar-refractivity contribution in [2.24, 2.45) is 11.8 Å². The molecule has 7 rings (SSSR count). The number of hydrogen-bond donors (Lipinski definition) is 2. The van der Waals surface area contributed by atoms with Crippen molar-refractivity contribution >= 4 is 5.97 Å². The fourth-order valence-electron chi connectivity index (χ4n) is 9.54. The number of esters is 1. The first-order chi connectivity index (χ1) is 21.5. The molecule has 5 aliphatic rings. The van der Waals surface area contributed by atoms with Crippen molar-refractivity contribution in [3.63, 3.8) is 0 Å². The Morgan fingerprint density at radius 1 is 1.11 bits per heavy atom. The van der Waals surface area contributed by atoms with Crippen molar-refractivity contribution in [2.75, 3.05) is 13.1 Å². The Morgan fingerprint density at radius 3 is 2.70 bits per heavy atom. The van der Waals surface area contributed by atoms with Gasteiger partial charge in [0.25, 0.3) is 0 Å². The van der Waals surface area contributed by atoms with E-state index in [2.05, 4.69) is 47.5 Å². The number of ether oxygens (including phenoxy) is 2. The maximum absolute atomic E-state index is 12.1. The number of unbranched alkanes of at least 4 members (excludes halogenated alkanes) is 3. The minimum atomic E-state index is -0.373. The van der Waals surface area contributed by atoms with Crippen molar-refractivity contribution < 1.29 is 19.4 Å². The Morgan fingerprint density at radius 2 is 1.93 bits per heavy atom. The lowest BCUT2D eigenvalue weighted by molar-refractivity contribution is -0.132. The molecule has 2 N–H and O–H groups in total. The molecule has 0 radical (unpaired) electrons. The number of aromatic hydroxyl groups is 1. The summed E-state index contributed by atoms with van der Waals surface area (Å²) in [6.45, 7) is 6.01. The summed E-state index contributed by atoms with van der Waals surface area (Å²) in [5, 5.41) is 15.5. The summed E-state index contributed by atoms with van der Waals surface area (Å²) >= 11 is 0. The van der Waals surface area contributed by atoms with E-state index in [4.69, 9.17) is 9.47 Å². The minimum absolute atomic E-state index is 0.000750. The standard InChI is InChI=1S/C38H52N2O4/c1-3-4-14-28(15-10-6-9-13-26-11-7-5-8-12-26)39-31-19-18-30-32-22-29-33(42)23-34(43-25(2)41)36-35(29)38(30,37(31)44-36)20-21-40(32)24-27-16-17-27/h5,7-8,11-12,23,27-28,30-32,37,39,42H,3-4,6,9-10,13-22,24H2,1-2H3/t28?,30-,31+,32+,37-,38-/m0/s1. The van der Waals surface area contributed by atoms with E-state index < -0.39 is 0 Å². The molecule has 6 atom stereocenters. The van der Waals surface area contributed by atoms with E-state index in [0.29, 0.717) is 23.8 Å². The summed E-state index contributed by atoms with van der Waals surface area (Å²) in [6, 6.07) is 13.7. The van der Waals surface area contributed by atoms with Gasteiger partial charge in [-0.1, -0.05) is 62.9 Å². The molecule has 6 heteroatoms. The molecule has 6 nitrogen and oxygen atoms in total. The van der Waals surface area contributed by atoms with Crippen molar-refractivity contribution in [3.05, 3.63) is 53.1 Å². The Bertz CT molecular complexity index is 1330. The third-order valence-electron chi connectivity index (χ3n) is 11.7. The smallest absolute Gasteiger partial charge is 0.308 e. The number of hydrogen-bond acceptors (Lipinski definition) is 6. The van der Waals surface area contributed by atoms with E-state index in [-0.39, 0.29) is 29.3 Å². The molecule has 3 aliphatic carbocycles. The summed E-state index contributed by atoms with van der Waals surface area (Å²) < 4.78 is 12.7. The fourth-order valence-corrected chi connectivity index (χ4v) is 9.54. The van der Waals surface area contributed by atoms with Crippen LogP contribution in [0, 0.1) is 11.8 Å². The number of benzene rings is 2. The van der Waals surface area contributed by atoms with Gasteiger partial charge >= 0.3 is 5.97 Å². The van der Waals surface area contributed by atoms with Gasteiger partial charge in [-0.05, 0) is 88.2 Å². The first-order valence-electron chi connectivity index (χ1n) is 17.8. The Balaban J connectivity index is 1.12. The first-order valence-corrected chi connectivity index (χ1v) is 17.8. The highest BCUT2D eigenvalue weighted by molar-refractivity contribution is 5.73. The number of nitrogens with one attached hydrogen (secondary N) is 1. The lowest BCUT2D eigenvalue weighted by Crippen LogP contribution is -2.69. The van der Waals surface area contributed by atoms with Crippen molar-refractivity contribution in [1.82, 2.24) is 10.2 Å². The van der Waals surface area contributed by atoms with Crippen LogP contribution >= 0.6 is 0 Å². The molecule has 1 unspecified atom stereocenters. The maximum Gasteiger partial charge on any atom is 0.308 e. The van der Waals surface area contributed by atoms with E-state index in [0.717, 1.165) is 49.5 Å². The number of phenolic OH excluding ortho intramolecular Hbond substituents is 1. The van der Waals surface area contributed by atoms with Crippen LogP contribution in [0.2, 0.25) is 0 Å². The van der Waals surface area contributed by atoms with E-state index in [1.807, 2.05) is 0 Å². The summed E-state index contributed by atoms with van der Waals surface area (Å²) in [5.74, 6) is 2.38. The number of piperidine rings is 1. The van der Waals surface area contributed by atoms with E-state index in [1.54, 1.807) is 6.07 Å². The van der Waals surface area contributed by atoms with Gasteiger partial charge in [0, 0.05) is 54.2 Å². The summed E-state index contributed by atoms with van der Waals surface area (Å²) in [5.41, 5.74) is 3.52. The Kier molecular flexibility index (Phi) is 8.67. The highest BCUT2D eigenvalue weighted by Crippen LogP contribution is 2.65. The second-order valence-electron chi connectivity index (χ2n) is 14.6. The van der Waals surface area contributed by atoms with Crippen molar-refractivity contribution in [3.8, 4) is 17.2 Å². The van der Waals surface area contributed by atoms with Crippen LogP contribution in [-0.4, -0.2) is 53.3 Å². The predicted octanol–water partition coefficient (Wildman–Crippen LogP) is 7.09. The highest BCUT2D eigenvalue weighted by atomic mass is 16.6. The predicted molar refractivity (Wildman–Crippen MR) is 173 cm³/mol. The fraction of sp³-hybridized carbons (Fsp3) is 0.658. The van der Waals surface area contributed by atoms with Gasteiger partial charge in [-0.15, -0.1) is 0 Å². The molecule has 2 aliphatic heterocycles. The van der Waals surface area contributed by atoms with Gasteiger partial charge in [-0.25, -0.2) is 0 Å². The number of carbonyl (C=O) groups excluding carboxylic acids is 1. The number of rotatable bonds is 14. The molecule has 2 heterocycles. The van der Waals surface area contributed by atoms with Gasteiger partial charge in [0.1, 0.15) is 11.9 Å². The Labute approximate surface area is 263 Å². The number of nitrogens with zero attached hydrogens (tertiary/aromatic N) is 1. The zero-order chi connectivity index (χ0) is 30.3. The second kappa shape index (κ2) is 12.7. The topological polar surface area (TPSA) is 71.0 Å². The first kappa shape index (κ1) is 30.1. The average molecular weight is 601 g/mol. The van der Waals surface area contributed by atoms with E-state index in [9.17, 15) is 9.90 Å². The average Bonchev–Trinajstić information content (AvgIpc) is 3.77. The van der Waals surface area contributed by atoms with Crippen molar-refractivity contribution in [2.45, 2.75) is 133 Å². The molecule has 1 spiro atoms. The minimum Gasteiger partial charge on any atom is -0.508 e. The summed E-state index contributed by atoms with van der Waals surface area (Å²) in [7, 11) is 0. The lowest BCUT2D eigenvalue weighted by atomic mass is 9.51. The molecule has 2 aromatic carbocycles. The largest absolute Gasteiger partial charge is 0.508 e. The summed E-state index contributed by atoms with van der Waals surface area (Å²) in [4.78, 5) is 14.9. The van der Waals surface area contributed by atoms with Crippen LogP contribution in [0.1, 0.15) is 108 Å². The van der Waals surface area contributed by atoms with Gasteiger partial charge in [0.2, 0.25) is 0 Å². The molecule has 0 aromatic heterocycles. The van der Waals surface area contributed by atoms with Crippen LogP contribution in [0.15, 0.2) is 36.4 Å². The van der Waals surface area contributed by atoms with E-state index >= 15 is 0 Å². The number of carbonyl (C=O) groups is 1. The van der Waals surface area contributed by atoms with E-state index in [1.165, 1.54) is 88.8 Å². The van der Waals surface area contributed by atoms with Crippen LogP contribution in [0.4, 0.5) is 0 Å². The molecule has 3 fully saturated rings. The van der Waals surface area contributed by atoms with Gasteiger partial charge < -0.3 is 19.9 Å². The second-order valence-corrected chi connectivity index (χ2v) is 14.6. The quantitative estimate of drug-likeness (QED) is 0.137.